The largest absolute Gasteiger partial charge is 0.294 e. The van der Waals surface area contributed by atoms with Crippen LogP contribution in [0.25, 0.3) is 11.1 Å². The van der Waals surface area contributed by atoms with Gasteiger partial charge in [0.2, 0.25) is 0 Å². The van der Waals surface area contributed by atoms with Gasteiger partial charge in [0.05, 0.1) is 14.6 Å². The number of rotatable bonds is 4. The molecule has 2 nitrogen and oxygen atoms in total. The second kappa shape index (κ2) is 6.25. The first-order valence-electron chi connectivity index (χ1n) is 6.36. The minimum absolute atomic E-state index is 0.0185. The normalized spacial score (nSPS) is 10.3. The molecule has 0 atom stereocenters. The van der Waals surface area contributed by atoms with Gasteiger partial charge in [0.25, 0.3) is 0 Å². The maximum Gasteiger partial charge on any atom is 0.170 e. The molecule has 4 heteroatoms. The number of carbonyl (C=O) groups is 1. The highest BCUT2D eigenvalue weighted by molar-refractivity contribution is 8.01. The number of Topliss-reactive ketones (excluding diaryl/α,β-unsaturated/α-hetero) is 1. The fourth-order valence-electron chi connectivity index (χ4n) is 1.99. The molecule has 20 heavy (non-hydrogen) atoms. The summed E-state index contributed by atoms with van der Waals surface area (Å²) in [6.45, 7) is 5.63. The third kappa shape index (κ3) is 2.79. The molecule has 0 aliphatic rings. The molecule has 0 unspecified atom stereocenters. The van der Waals surface area contributed by atoms with Crippen LogP contribution in [0.2, 0.25) is 0 Å². The lowest BCUT2D eigenvalue weighted by Gasteiger charge is -2.03. The van der Waals surface area contributed by atoms with Crippen LogP contribution in [0.1, 0.15) is 34.6 Å². The Labute approximate surface area is 127 Å². The summed E-state index contributed by atoms with van der Waals surface area (Å²) in [4.78, 5) is 12.6. The van der Waals surface area contributed by atoms with E-state index < -0.39 is 0 Å². The van der Waals surface area contributed by atoms with E-state index >= 15 is 0 Å². The van der Waals surface area contributed by atoms with E-state index in [0.29, 0.717) is 10.4 Å². The predicted molar refractivity (Wildman–Crippen MR) is 85.6 cm³/mol. The Balaban J connectivity index is 2.69. The molecule has 1 heterocycles. The number of ketones is 1. The van der Waals surface area contributed by atoms with Crippen LogP contribution in [0.15, 0.2) is 28.5 Å². The number of nitrogens with zero attached hydrogens (tertiary/aromatic N) is 1. The molecule has 0 saturated heterocycles. The number of thiophene rings is 1. The van der Waals surface area contributed by atoms with Crippen LogP contribution in [0.4, 0.5) is 0 Å². The summed E-state index contributed by atoms with van der Waals surface area (Å²) in [6, 6.07) is 10.2. The van der Waals surface area contributed by atoms with Crippen molar-refractivity contribution in [2.45, 2.75) is 25.0 Å². The van der Waals surface area contributed by atoms with Crippen molar-refractivity contribution in [3.05, 3.63) is 40.3 Å². The van der Waals surface area contributed by atoms with Crippen LogP contribution in [0, 0.1) is 18.3 Å². The van der Waals surface area contributed by atoms with Gasteiger partial charge in [-0.1, -0.05) is 36.8 Å². The van der Waals surface area contributed by atoms with Crippen molar-refractivity contribution >= 4 is 28.9 Å². The van der Waals surface area contributed by atoms with E-state index in [2.05, 4.69) is 6.07 Å². The molecule has 1 aromatic carbocycles. The lowest BCUT2D eigenvalue weighted by molar-refractivity contribution is 0.102. The Morgan fingerprint density at radius 3 is 2.50 bits per heavy atom. The van der Waals surface area contributed by atoms with Crippen LogP contribution in [0.3, 0.4) is 0 Å². The van der Waals surface area contributed by atoms with E-state index in [4.69, 9.17) is 0 Å². The third-order valence-corrected chi connectivity index (χ3v) is 5.37. The highest BCUT2D eigenvalue weighted by Crippen LogP contribution is 2.41. The molecule has 0 bridgehead atoms. The second-order valence-electron chi connectivity index (χ2n) is 4.44. The Kier molecular flexibility index (Phi) is 4.64. The van der Waals surface area contributed by atoms with Crippen molar-refractivity contribution in [1.82, 2.24) is 0 Å². The average molecular weight is 301 g/mol. The van der Waals surface area contributed by atoms with Gasteiger partial charge < -0.3 is 0 Å². The van der Waals surface area contributed by atoms with E-state index in [1.165, 1.54) is 11.3 Å². The maximum absolute atomic E-state index is 11.9. The fraction of sp³-hybridized carbons (Fsp3) is 0.250. The minimum Gasteiger partial charge on any atom is -0.294 e. The quantitative estimate of drug-likeness (QED) is 0.595. The molecular weight excluding hydrogens is 286 g/mol. The Hall–Kier alpha value is -1.57. The number of aryl methyl sites for hydroxylation is 1. The second-order valence-corrected chi connectivity index (χ2v) is 6.99. The number of benzene rings is 1. The average Bonchev–Trinajstić information content (AvgIpc) is 2.79. The van der Waals surface area contributed by atoms with Crippen molar-refractivity contribution in [1.29, 1.82) is 5.26 Å². The van der Waals surface area contributed by atoms with Crippen molar-refractivity contribution in [3.8, 4) is 17.2 Å². The smallest absolute Gasteiger partial charge is 0.170 e. The van der Waals surface area contributed by atoms with Gasteiger partial charge in [0, 0.05) is 5.56 Å². The van der Waals surface area contributed by atoms with E-state index in [1.807, 2.05) is 38.1 Å². The first-order chi connectivity index (χ1) is 9.58. The van der Waals surface area contributed by atoms with E-state index in [-0.39, 0.29) is 5.78 Å². The molecule has 1 aromatic heterocycles. The molecule has 2 rings (SSSR count). The lowest BCUT2D eigenvalue weighted by Crippen LogP contribution is -1.92. The van der Waals surface area contributed by atoms with Gasteiger partial charge in [-0.3, -0.25) is 4.79 Å². The zero-order valence-corrected chi connectivity index (χ0v) is 13.3. The number of carbonyl (C=O) groups excluding carboxylic acids is 1. The van der Waals surface area contributed by atoms with Gasteiger partial charge in [-0.15, -0.1) is 23.1 Å². The van der Waals surface area contributed by atoms with Crippen LogP contribution in [0.5, 0.6) is 0 Å². The molecule has 0 N–H and O–H groups in total. The summed E-state index contributed by atoms with van der Waals surface area (Å²) in [5.74, 6) is 0.907. The number of thioether (sulfide) groups is 1. The van der Waals surface area contributed by atoms with Gasteiger partial charge >= 0.3 is 0 Å². The number of hydrogen-bond donors (Lipinski definition) is 0. The zero-order valence-electron chi connectivity index (χ0n) is 11.7. The molecule has 0 spiro atoms. The molecule has 0 aliphatic carbocycles. The number of nitriles is 1. The van der Waals surface area contributed by atoms with Crippen molar-refractivity contribution in [3.63, 3.8) is 0 Å². The summed E-state index contributed by atoms with van der Waals surface area (Å²) in [6.07, 6.45) is 0. The van der Waals surface area contributed by atoms with Crippen LogP contribution < -0.4 is 0 Å². The molecule has 0 saturated carbocycles. The topological polar surface area (TPSA) is 40.9 Å². The fourth-order valence-corrected chi connectivity index (χ4v) is 4.28. The van der Waals surface area contributed by atoms with Gasteiger partial charge in [0.15, 0.2) is 5.78 Å². The standard InChI is InChI=1S/C16H15NOS2/c1-4-19-16-13(9-17)14(15(20-16)11(3)18)12-7-5-10(2)6-8-12/h5-8H,4H2,1-3H3. The Bertz CT molecular complexity index is 678. The Morgan fingerprint density at radius 2 is 2.00 bits per heavy atom. The predicted octanol–water partition coefficient (Wildman–Crippen LogP) is 4.91. The first-order valence-corrected chi connectivity index (χ1v) is 8.16. The molecule has 0 fully saturated rings. The monoisotopic (exact) mass is 301 g/mol. The highest BCUT2D eigenvalue weighted by atomic mass is 32.2. The summed E-state index contributed by atoms with van der Waals surface area (Å²) >= 11 is 3.05. The summed E-state index contributed by atoms with van der Waals surface area (Å²) in [5, 5.41) is 9.47. The summed E-state index contributed by atoms with van der Waals surface area (Å²) < 4.78 is 0.941. The maximum atomic E-state index is 11.9. The van der Waals surface area contributed by atoms with Crippen molar-refractivity contribution in [2.24, 2.45) is 0 Å². The van der Waals surface area contributed by atoms with Crippen molar-refractivity contribution < 1.29 is 4.79 Å². The first kappa shape index (κ1) is 14.8. The summed E-state index contributed by atoms with van der Waals surface area (Å²) in [7, 11) is 0. The number of hydrogen-bond acceptors (Lipinski definition) is 4. The van der Waals surface area contributed by atoms with Crippen LogP contribution >= 0.6 is 23.1 Å². The zero-order chi connectivity index (χ0) is 14.7. The highest BCUT2D eigenvalue weighted by Gasteiger charge is 2.21. The van der Waals surface area contributed by atoms with Crippen LogP contribution in [-0.2, 0) is 0 Å². The molecule has 102 valence electrons. The van der Waals surface area contributed by atoms with E-state index in [1.54, 1.807) is 18.7 Å². The lowest BCUT2D eigenvalue weighted by atomic mass is 10.00. The summed E-state index contributed by atoms with van der Waals surface area (Å²) in [5.41, 5.74) is 3.53. The Morgan fingerprint density at radius 1 is 1.35 bits per heavy atom. The van der Waals surface area contributed by atoms with E-state index in [9.17, 15) is 10.1 Å². The van der Waals surface area contributed by atoms with Crippen molar-refractivity contribution in [2.75, 3.05) is 5.75 Å². The molecule has 0 radical (unpaired) electrons. The van der Waals surface area contributed by atoms with Gasteiger partial charge in [-0.25, -0.2) is 0 Å². The molecule has 0 aliphatic heterocycles. The van der Waals surface area contributed by atoms with Crippen LogP contribution in [-0.4, -0.2) is 11.5 Å². The third-order valence-electron chi connectivity index (χ3n) is 2.92. The molecule has 0 amide bonds. The SMILES string of the molecule is CCSc1sc(C(C)=O)c(-c2ccc(C)cc2)c1C#N. The molecular formula is C16H15NOS2. The van der Waals surface area contributed by atoms with E-state index in [0.717, 1.165) is 26.7 Å². The van der Waals surface area contributed by atoms with Gasteiger partial charge in [-0.2, -0.15) is 5.26 Å². The van der Waals surface area contributed by atoms with Gasteiger partial charge in [-0.05, 0) is 25.2 Å². The molecule has 2 aromatic rings. The van der Waals surface area contributed by atoms with Gasteiger partial charge in [0.1, 0.15) is 6.07 Å². The minimum atomic E-state index is 0.0185.